The molecule has 1 aliphatic rings. The van der Waals surface area contributed by atoms with Crippen LogP contribution < -0.4 is 5.32 Å². The second-order valence-electron chi connectivity index (χ2n) is 8.62. The molecule has 3 aromatic rings. The third-order valence-electron chi connectivity index (χ3n) is 5.97. The molecule has 0 saturated carbocycles. The van der Waals surface area contributed by atoms with Gasteiger partial charge in [0.15, 0.2) is 0 Å². The molecule has 0 saturated heterocycles. The maximum atomic E-state index is 13.4. The molecule has 0 fully saturated rings. The molecular formula is C26H29N3O3S. The van der Waals surface area contributed by atoms with Gasteiger partial charge in [-0.25, -0.2) is 12.7 Å². The average Bonchev–Trinajstić information content (AvgIpc) is 2.82. The summed E-state index contributed by atoms with van der Waals surface area (Å²) in [5.74, 6) is -0.168. The van der Waals surface area contributed by atoms with Crippen molar-refractivity contribution >= 4 is 21.6 Å². The number of nitrogens with zero attached hydrogens (tertiary/aromatic N) is 2. The number of sulfonamides is 1. The number of hydrogen-bond donors (Lipinski definition) is 1. The third kappa shape index (κ3) is 5.10. The quantitative estimate of drug-likeness (QED) is 0.599. The first-order chi connectivity index (χ1) is 15.7. The molecule has 0 spiro atoms. The van der Waals surface area contributed by atoms with Crippen LogP contribution in [0.5, 0.6) is 0 Å². The summed E-state index contributed by atoms with van der Waals surface area (Å²) in [6, 6.07) is 21.1. The van der Waals surface area contributed by atoms with Crippen LogP contribution in [-0.2, 0) is 29.5 Å². The van der Waals surface area contributed by atoms with Crippen LogP contribution in [0.25, 0.3) is 0 Å². The number of aryl methyl sites for hydroxylation is 1. The van der Waals surface area contributed by atoms with Gasteiger partial charge in [-0.15, -0.1) is 0 Å². The Morgan fingerprint density at radius 2 is 1.70 bits per heavy atom. The molecular weight excluding hydrogens is 434 g/mol. The van der Waals surface area contributed by atoms with Crippen molar-refractivity contribution < 1.29 is 13.2 Å². The molecule has 1 aliphatic heterocycles. The van der Waals surface area contributed by atoms with Crippen molar-refractivity contribution in [2.75, 3.05) is 26.0 Å². The lowest BCUT2D eigenvalue weighted by Crippen LogP contribution is -2.36. The van der Waals surface area contributed by atoms with E-state index in [1.807, 2.05) is 49.4 Å². The van der Waals surface area contributed by atoms with Crippen molar-refractivity contribution in [2.24, 2.45) is 0 Å². The van der Waals surface area contributed by atoms with Crippen LogP contribution >= 0.6 is 0 Å². The Hall–Kier alpha value is -3.16. The maximum absolute atomic E-state index is 13.4. The van der Waals surface area contributed by atoms with Gasteiger partial charge in [-0.05, 0) is 48.2 Å². The molecule has 0 aromatic heterocycles. The zero-order valence-corrected chi connectivity index (χ0v) is 20.0. The molecule has 7 heteroatoms. The molecule has 1 heterocycles. The summed E-state index contributed by atoms with van der Waals surface area (Å²) < 4.78 is 26.9. The monoisotopic (exact) mass is 463 g/mol. The van der Waals surface area contributed by atoms with Gasteiger partial charge in [0.25, 0.3) is 5.91 Å². The summed E-state index contributed by atoms with van der Waals surface area (Å²) in [6.45, 7) is 3.68. The summed E-state index contributed by atoms with van der Waals surface area (Å²) in [7, 11) is -0.719. The van der Waals surface area contributed by atoms with Crippen LogP contribution in [0, 0.1) is 6.92 Å². The summed E-state index contributed by atoms with van der Waals surface area (Å²) in [5, 5.41) is 3.29. The largest absolute Gasteiger partial charge is 0.381 e. The lowest BCUT2D eigenvalue weighted by molar-refractivity contribution is 0.0734. The number of hydrogen-bond acceptors (Lipinski definition) is 4. The summed E-state index contributed by atoms with van der Waals surface area (Å²) in [4.78, 5) is 15.3. The number of benzene rings is 3. The number of rotatable bonds is 6. The standard InChI is InChI=1S/C26H29N3O3S/c1-19-8-10-20(11-9-19)17-27-24-14-23(15-25(16-24)33(31,32)28(2)3)26(30)29-13-12-21-6-4-5-7-22(21)18-29/h4-11,14-16,27H,12-13,17-18H2,1-3H3. The normalized spacial score (nSPS) is 13.6. The number of anilines is 1. The van der Waals surface area contributed by atoms with Gasteiger partial charge in [-0.2, -0.15) is 0 Å². The van der Waals surface area contributed by atoms with Gasteiger partial charge in [-0.1, -0.05) is 54.1 Å². The highest BCUT2D eigenvalue weighted by Crippen LogP contribution is 2.25. The first-order valence-corrected chi connectivity index (χ1v) is 12.4. The number of amides is 1. The van der Waals surface area contributed by atoms with Crippen molar-refractivity contribution in [3.8, 4) is 0 Å². The van der Waals surface area contributed by atoms with E-state index in [2.05, 4.69) is 11.4 Å². The SMILES string of the molecule is Cc1ccc(CNc2cc(C(=O)N3CCc4ccccc4C3)cc(S(=O)(=O)N(C)C)c2)cc1. The van der Waals surface area contributed by atoms with Crippen molar-refractivity contribution in [1.29, 1.82) is 0 Å². The van der Waals surface area contributed by atoms with Gasteiger partial charge in [0, 0.05) is 45.0 Å². The highest BCUT2D eigenvalue weighted by molar-refractivity contribution is 7.89. The van der Waals surface area contributed by atoms with Gasteiger partial charge in [0.2, 0.25) is 10.0 Å². The fraction of sp³-hybridized carbons (Fsp3) is 0.269. The average molecular weight is 464 g/mol. The molecule has 3 aromatic carbocycles. The van der Waals surface area contributed by atoms with Crippen molar-refractivity contribution in [3.05, 3.63) is 94.5 Å². The highest BCUT2D eigenvalue weighted by atomic mass is 32.2. The van der Waals surface area contributed by atoms with E-state index in [-0.39, 0.29) is 10.8 Å². The van der Waals surface area contributed by atoms with Gasteiger partial charge >= 0.3 is 0 Å². The molecule has 172 valence electrons. The summed E-state index contributed by atoms with van der Waals surface area (Å²) in [5.41, 5.74) is 5.59. The van der Waals surface area contributed by atoms with E-state index >= 15 is 0 Å². The number of carbonyl (C=O) groups is 1. The van der Waals surface area contributed by atoms with E-state index in [1.54, 1.807) is 17.0 Å². The Labute approximate surface area is 195 Å². The van der Waals surface area contributed by atoms with E-state index in [0.717, 1.165) is 21.9 Å². The Bertz CT molecular complexity index is 1270. The molecule has 0 aliphatic carbocycles. The molecule has 0 unspecified atom stereocenters. The molecule has 1 N–H and O–H groups in total. The molecule has 0 atom stereocenters. The second-order valence-corrected chi connectivity index (χ2v) is 10.8. The molecule has 0 radical (unpaired) electrons. The van der Waals surface area contributed by atoms with Gasteiger partial charge in [-0.3, -0.25) is 4.79 Å². The zero-order valence-electron chi connectivity index (χ0n) is 19.2. The van der Waals surface area contributed by atoms with Gasteiger partial charge < -0.3 is 10.2 Å². The molecule has 1 amide bonds. The minimum Gasteiger partial charge on any atom is -0.381 e. The molecule has 33 heavy (non-hydrogen) atoms. The number of carbonyl (C=O) groups excluding carboxylic acids is 1. The van der Waals surface area contributed by atoms with Gasteiger partial charge in [0.05, 0.1) is 4.90 Å². The van der Waals surface area contributed by atoms with E-state index in [9.17, 15) is 13.2 Å². The molecule has 6 nitrogen and oxygen atoms in total. The predicted molar refractivity (Wildman–Crippen MR) is 131 cm³/mol. The topological polar surface area (TPSA) is 69.7 Å². The maximum Gasteiger partial charge on any atom is 0.254 e. The Kier molecular flexibility index (Phi) is 6.54. The fourth-order valence-corrected chi connectivity index (χ4v) is 4.92. The van der Waals surface area contributed by atoms with E-state index in [0.29, 0.717) is 30.9 Å². The molecule has 0 bridgehead atoms. The summed E-state index contributed by atoms with van der Waals surface area (Å²) in [6.07, 6.45) is 0.788. The van der Waals surface area contributed by atoms with E-state index in [4.69, 9.17) is 0 Å². The van der Waals surface area contributed by atoms with Crippen LogP contribution in [0.2, 0.25) is 0 Å². The van der Waals surface area contributed by atoms with Crippen molar-refractivity contribution in [3.63, 3.8) is 0 Å². The van der Waals surface area contributed by atoms with E-state index < -0.39 is 10.0 Å². The predicted octanol–water partition coefficient (Wildman–Crippen LogP) is 4.06. The third-order valence-corrected chi connectivity index (χ3v) is 7.76. The second kappa shape index (κ2) is 9.37. The number of nitrogens with one attached hydrogen (secondary N) is 1. The smallest absolute Gasteiger partial charge is 0.254 e. The Morgan fingerprint density at radius 3 is 2.39 bits per heavy atom. The van der Waals surface area contributed by atoms with Crippen LogP contribution in [0.4, 0.5) is 5.69 Å². The van der Waals surface area contributed by atoms with Crippen LogP contribution in [0.3, 0.4) is 0 Å². The zero-order chi connectivity index (χ0) is 23.6. The first kappa shape index (κ1) is 23.0. The lowest BCUT2D eigenvalue weighted by atomic mass is 9.99. The summed E-state index contributed by atoms with van der Waals surface area (Å²) >= 11 is 0. The van der Waals surface area contributed by atoms with Crippen LogP contribution in [0.1, 0.15) is 32.6 Å². The van der Waals surface area contributed by atoms with E-state index in [1.165, 1.54) is 31.3 Å². The Morgan fingerprint density at radius 1 is 1.00 bits per heavy atom. The van der Waals surface area contributed by atoms with Crippen molar-refractivity contribution in [2.45, 2.75) is 31.3 Å². The number of fused-ring (bicyclic) bond motifs is 1. The lowest BCUT2D eigenvalue weighted by Gasteiger charge is -2.29. The minimum absolute atomic E-state index is 0.0992. The van der Waals surface area contributed by atoms with Gasteiger partial charge in [0.1, 0.15) is 0 Å². The fourth-order valence-electron chi connectivity index (χ4n) is 3.95. The van der Waals surface area contributed by atoms with Crippen LogP contribution in [0.15, 0.2) is 71.6 Å². The van der Waals surface area contributed by atoms with Crippen molar-refractivity contribution in [1.82, 2.24) is 9.21 Å². The highest BCUT2D eigenvalue weighted by Gasteiger charge is 2.25. The van der Waals surface area contributed by atoms with Crippen LogP contribution in [-0.4, -0.2) is 44.2 Å². The Balaban J connectivity index is 1.64. The minimum atomic E-state index is -3.70. The molecule has 4 rings (SSSR count). The first-order valence-electron chi connectivity index (χ1n) is 11.0.